The summed E-state index contributed by atoms with van der Waals surface area (Å²) in [6, 6.07) is 9.95. The van der Waals surface area contributed by atoms with Crippen LogP contribution >= 0.6 is 11.6 Å². The molecule has 8 nitrogen and oxygen atoms in total. The third-order valence-corrected chi connectivity index (χ3v) is 5.63. The van der Waals surface area contributed by atoms with Gasteiger partial charge in [0.25, 0.3) is 0 Å². The number of halogens is 1. The van der Waals surface area contributed by atoms with Gasteiger partial charge in [-0.05, 0) is 35.2 Å². The topological polar surface area (TPSA) is 94.3 Å². The highest BCUT2D eigenvalue weighted by atomic mass is 35.5. The molecule has 31 heavy (non-hydrogen) atoms. The Morgan fingerprint density at radius 1 is 1.03 bits per heavy atom. The Bertz CT molecular complexity index is 1210. The minimum Gasteiger partial charge on any atom is -0.290 e. The molecule has 0 radical (unpaired) electrons. The smallest absolute Gasteiger partial charge is 0.290 e. The molecule has 0 aliphatic rings. The normalized spacial score (nSPS) is 11.2. The fraction of sp³-hybridized carbons (Fsp3) is 0.318. The lowest BCUT2D eigenvalue weighted by molar-refractivity contribution is 0.619. The minimum absolute atomic E-state index is 0.0500. The van der Waals surface area contributed by atoms with Crippen LogP contribution in [0.1, 0.15) is 37.9 Å². The van der Waals surface area contributed by atoms with Gasteiger partial charge in [0.2, 0.25) is 5.82 Å². The molecule has 0 saturated carbocycles. The van der Waals surface area contributed by atoms with Crippen molar-refractivity contribution >= 4 is 11.6 Å². The van der Waals surface area contributed by atoms with Crippen LogP contribution in [0.25, 0.3) is 22.5 Å². The van der Waals surface area contributed by atoms with Crippen molar-refractivity contribution < 1.29 is 0 Å². The summed E-state index contributed by atoms with van der Waals surface area (Å²) in [5.74, 6) is 0.518. The van der Waals surface area contributed by atoms with Crippen molar-refractivity contribution in [2.75, 3.05) is 0 Å². The number of rotatable bonds is 8. The summed E-state index contributed by atoms with van der Waals surface area (Å²) in [4.78, 5) is 17.2. The summed E-state index contributed by atoms with van der Waals surface area (Å²) in [7, 11) is 0. The molecule has 0 amide bonds. The SMILES string of the molecule is CCCc1c(Cl)n(CCC)c(=O)n1Cc1ccc(-c2cnccc2-c2nn[nH]n2)cc1. The Morgan fingerprint density at radius 3 is 2.52 bits per heavy atom. The van der Waals surface area contributed by atoms with Crippen LogP contribution in [0.4, 0.5) is 0 Å². The Balaban J connectivity index is 1.66. The van der Waals surface area contributed by atoms with E-state index in [4.69, 9.17) is 11.6 Å². The van der Waals surface area contributed by atoms with Gasteiger partial charge in [-0.2, -0.15) is 5.21 Å². The quantitative estimate of drug-likeness (QED) is 0.450. The number of H-pyrrole nitrogens is 1. The number of tetrazole rings is 1. The van der Waals surface area contributed by atoms with E-state index in [-0.39, 0.29) is 5.69 Å². The van der Waals surface area contributed by atoms with E-state index in [1.54, 1.807) is 21.5 Å². The molecule has 0 aliphatic carbocycles. The number of imidazole rings is 1. The van der Waals surface area contributed by atoms with Crippen molar-refractivity contribution in [1.29, 1.82) is 0 Å². The summed E-state index contributed by atoms with van der Waals surface area (Å²) in [6.07, 6.45) is 6.05. The zero-order valence-corrected chi connectivity index (χ0v) is 18.3. The largest absolute Gasteiger partial charge is 0.329 e. The van der Waals surface area contributed by atoms with Gasteiger partial charge in [0.15, 0.2) is 0 Å². The van der Waals surface area contributed by atoms with Gasteiger partial charge in [0, 0.05) is 30.1 Å². The number of nitrogens with one attached hydrogen (secondary N) is 1. The number of hydrogen-bond acceptors (Lipinski definition) is 5. The second-order valence-corrected chi connectivity index (χ2v) is 7.72. The van der Waals surface area contributed by atoms with Gasteiger partial charge >= 0.3 is 5.69 Å². The Hall–Kier alpha value is -3.26. The van der Waals surface area contributed by atoms with Crippen LogP contribution in [0.5, 0.6) is 0 Å². The maximum atomic E-state index is 13.0. The molecular formula is C22H24ClN7O. The van der Waals surface area contributed by atoms with Crippen LogP contribution in [0.3, 0.4) is 0 Å². The third-order valence-electron chi connectivity index (χ3n) is 5.21. The van der Waals surface area contributed by atoms with Crippen LogP contribution in [0, 0.1) is 0 Å². The lowest BCUT2D eigenvalue weighted by Crippen LogP contribution is -2.25. The highest BCUT2D eigenvalue weighted by Crippen LogP contribution is 2.29. The molecule has 0 fully saturated rings. The summed E-state index contributed by atoms with van der Waals surface area (Å²) in [6.45, 7) is 5.24. The van der Waals surface area contributed by atoms with Crippen LogP contribution in [0.2, 0.25) is 5.15 Å². The summed E-state index contributed by atoms with van der Waals surface area (Å²) < 4.78 is 3.47. The Kier molecular flexibility index (Phi) is 6.27. The van der Waals surface area contributed by atoms with Crippen LogP contribution in [-0.2, 0) is 19.5 Å². The monoisotopic (exact) mass is 437 g/mol. The average Bonchev–Trinajstić information content (AvgIpc) is 3.40. The first-order chi connectivity index (χ1) is 15.1. The van der Waals surface area contributed by atoms with E-state index >= 15 is 0 Å². The van der Waals surface area contributed by atoms with Gasteiger partial charge in [-0.15, -0.1) is 10.2 Å². The van der Waals surface area contributed by atoms with E-state index < -0.39 is 0 Å². The molecule has 3 aromatic heterocycles. The molecule has 3 heterocycles. The molecular weight excluding hydrogens is 414 g/mol. The number of aromatic amines is 1. The summed E-state index contributed by atoms with van der Waals surface area (Å²) in [5.41, 5.74) is 4.63. The van der Waals surface area contributed by atoms with E-state index in [1.165, 1.54) is 0 Å². The third kappa shape index (κ3) is 4.16. The summed E-state index contributed by atoms with van der Waals surface area (Å²) >= 11 is 6.55. The van der Waals surface area contributed by atoms with E-state index in [1.807, 2.05) is 37.3 Å². The summed E-state index contributed by atoms with van der Waals surface area (Å²) in [5, 5.41) is 14.9. The van der Waals surface area contributed by atoms with Gasteiger partial charge < -0.3 is 0 Å². The molecule has 0 unspecified atom stereocenters. The van der Waals surface area contributed by atoms with Gasteiger partial charge in [-0.1, -0.05) is 56.1 Å². The lowest BCUT2D eigenvalue weighted by atomic mass is 10.0. The maximum Gasteiger partial charge on any atom is 0.329 e. The fourth-order valence-electron chi connectivity index (χ4n) is 3.74. The van der Waals surface area contributed by atoms with Crippen molar-refractivity contribution in [1.82, 2.24) is 34.7 Å². The van der Waals surface area contributed by atoms with Gasteiger partial charge in [-0.3, -0.25) is 14.1 Å². The molecule has 1 aromatic carbocycles. The number of hydrogen-bond donors (Lipinski definition) is 1. The minimum atomic E-state index is -0.0500. The first kappa shape index (κ1) is 21.0. The van der Waals surface area contributed by atoms with Crippen molar-refractivity contribution in [3.05, 3.63) is 69.6 Å². The number of nitrogens with zero attached hydrogens (tertiary/aromatic N) is 6. The predicted molar refractivity (Wildman–Crippen MR) is 120 cm³/mol. The van der Waals surface area contributed by atoms with E-state index in [2.05, 4.69) is 32.5 Å². The van der Waals surface area contributed by atoms with E-state index in [0.717, 1.165) is 47.2 Å². The fourth-order valence-corrected chi connectivity index (χ4v) is 4.09. The maximum absolute atomic E-state index is 13.0. The first-order valence-corrected chi connectivity index (χ1v) is 10.8. The Labute approximate surface area is 184 Å². The number of aromatic nitrogens is 7. The number of pyridine rings is 1. The molecule has 1 N–H and O–H groups in total. The van der Waals surface area contributed by atoms with Gasteiger partial charge in [0.05, 0.1) is 12.2 Å². The van der Waals surface area contributed by atoms with E-state index in [9.17, 15) is 4.79 Å². The van der Waals surface area contributed by atoms with Crippen LogP contribution in [-0.4, -0.2) is 34.7 Å². The molecule has 0 saturated heterocycles. The highest BCUT2D eigenvalue weighted by Gasteiger charge is 2.18. The van der Waals surface area contributed by atoms with Gasteiger partial charge in [0.1, 0.15) is 5.15 Å². The zero-order chi connectivity index (χ0) is 21.8. The number of benzene rings is 1. The Morgan fingerprint density at radius 2 is 1.84 bits per heavy atom. The lowest BCUT2D eigenvalue weighted by Gasteiger charge is -2.09. The standard InChI is InChI=1S/C22H24ClN7O/c1-3-5-19-20(23)29(12-4-2)22(31)30(19)14-15-6-8-16(9-7-15)18-13-24-11-10-17(18)21-25-27-28-26-21/h6-11,13H,3-5,12,14H2,1-2H3,(H,25,26,27,28). The molecule has 0 aliphatic heterocycles. The highest BCUT2D eigenvalue weighted by molar-refractivity contribution is 6.30. The molecule has 9 heteroatoms. The second-order valence-electron chi connectivity index (χ2n) is 7.36. The van der Waals surface area contributed by atoms with Crippen LogP contribution in [0.15, 0.2) is 47.5 Å². The first-order valence-electron chi connectivity index (χ1n) is 10.4. The molecule has 4 aromatic rings. The van der Waals surface area contributed by atoms with Gasteiger partial charge in [-0.25, -0.2) is 4.79 Å². The molecule has 4 rings (SSSR count). The molecule has 0 bridgehead atoms. The molecule has 0 atom stereocenters. The molecule has 160 valence electrons. The average molecular weight is 438 g/mol. The predicted octanol–water partition coefficient (Wildman–Crippen LogP) is 3.96. The van der Waals surface area contributed by atoms with Crippen molar-refractivity contribution in [3.8, 4) is 22.5 Å². The second kappa shape index (κ2) is 9.26. The van der Waals surface area contributed by atoms with Crippen molar-refractivity contribution in [3.63, 3.8) is 0 Å². The van der Waals surface area contributed by atoms with Crippen molar-refractivity contribution in [2.24, 2.45) is 0 Å². The van der Waals surface area contributed by atoms with Crippen LogP contribution < -0.4 is 5.69 Å². The molecule has 0 spiro atoms. The van der Waals surface area contributed by atoms with Crippen molar-refractivity contribution in [2.45, 2.75) is 46.2 Å². The zero-order valence-electron chi connectivity index (χ0n) is 17.5. The van der Waals surface area contributed by atoms with E-state index in [0.29, 0.717) is 24.1 Å².